The van der Waals surface area contributed by atoms with Crippen LogP contribution < -0.4 is 0 Å². The Bertz CT molecular complexity index is 698. The molecule has 2 nitrogen and oxygen atoms in total. The molecule has 2 aromatic rings. The fraction of sp³-hybridized carbons (Fsp3) is 0.571. The lowest BCUT2D eigenvalue weighted by molar-refractivity contribution is 0.198. The molecular weight excluding hydrogens is 282 g/mol. The third-order valence-corrected chi connectivity index (χ3v) is 5.92. The second kappa shape index (κ2) is 5.90. The first-order valence-corrected chi connectivity index (χ1v) is 8.90. The van der Waals surface area contributed by atoms with Crippen molar-refractivity contribution in [3.8, 4) is 0 Å². The number of fused-ring (bicyclic) bond motifs is 1. The number of hydrogen-bond acceptors (Lipinski definition) is 2. The zero-order valence-electron chi connectivity index (χ0n) is 15.0. The molecule has 1 aliphatic rings. The number of aliphatic hydroxyl groups is 1. The fourth-order valence-corrected chi connectivity index (χ4v) is 4.14. The highest BCUT2D eigenvalue weighted by atomic mass is 16.3. The van der Waals surface area contributed by atoms with Crippen molar-refractivity contribution < 1.29 is 5.11 Å². The van der Waals surface area contributed by atoms with E-state index in [4.69, 9.17) is 0 Å². The van der Waals surface area contributed by atoms with Crippen molar-refractivity contribution in [3.05, 3.63) is 41.6 Å². The van der Waals surface area contributed by atoms with E-state index in [9.17, 15) is 5.11 Å². The molecule has 1 fully saturated rings. The van der Waals surface area contributed by atoms with E-state index in [0.717, 1.165) is 18.4 Å². The maximum absolute atomic E-state index is 10.1. The van der Waals surface area contributed by atoms with Crippen LogP contribution in [0.2, 0.25) is 0 Å². The summed E-state index contributed by atoms with van der Waals surface area (Å²) in [5, 5.41) is 11.3. The quantitative estimate of drug-likeness (QED) is 0.848. The molecule has 1 aliphatic carbocycles. The van der Waals surface area contributed by atoms with Crippen LogP contribution in [0.4, 0.5) is 0 Å². The molecule has 124 valence electrons. The number of pyridine rings is 1. The van der Waals surface area contributed by atoms with Crippen LogP contribution in [0.5, 0.6) is 0 Å². The highest BCUT2D eigenvalue weighted by molar-refractivity contribution is 5.83. The highest BCUT2D eigenvalue weighted by Gasteiger charge is 2.53. The minimum absolute atomic E-state index is 0.111. The third kappa shape index (κ3) is 3.01. The topological polar surface area (TPSA) is 33.1 Å². The van der Waals surface area contributed by atoms with E-state index in [1.165, 1.54) is 16.5 Å². The first-order chi connectivity index (χ1) is 10.8. The number of hydrogen-bond donors (Lipinski definition) is 1. The standard InChI is InChI=1S/C21H29NO/c1-6-13(2)15-7-8-18-17(11-15)16(9-10-22-18)12-21(4,5)19-14(3)20(19)23/h7-11,13-14,19-20,23H,6,12H2,1-5H3/t13?,14-,19?,20-/m1/s1. The highest BCUT2D eigenvalue weighted by Crippen LogP contribution is 2.52. The smallest absolute Gasteiger partial charge is 0.0704 e. The van der Waals surface area contributed by atoms with E-state index in [0.29, 0.717) is 17.8 Å². The molecule has 1 N–H and O–H groups in total. The van der Waals surface area contributed by atoms with Gasteiger partial charge in [-0.3, -0.25) is 4.98 Å². The van der Waals surface area contributed by atoms with Gasteiger partial charge in [0.1, 0.15) is 0 Å². The number of aliphatic hydroxyl groups excluding tert-OH is 1. The Morgan fingerprint density at radius 2 is 1.96 bits per heavy atom. The molecule has 1 aromatic heterocycles. The van der Waals surface area contributed by atoms with Crippen LogP contribution >= 0.6 is 0 Å². The third-order valence-electron chi connectivity index (χ3n) is 5.92. The molecule has 1 saturated carbocycles. The summed E-state index contributed by atoms with van der Waals surface area (Å²) in [4.78, 5) is 4.54. The molecule has 0 aliphatic heterocycles. The molecule has 0 radical (unpaired) electrons. The fourth-order valence-electron chi connectivity index (χ4n) is 4.14. The summed E-state index contributed by atoms with van der Waals surface area (Å²) in [6, 6.07) is 8.85. The second-order valence-electron chi connectivity index (χ2n) is 8.10. The van der Waals surface area contributed by atoms with Gasteiger partial charge in [0.15, 0.2) is 0 Å². The monoisotopic (exact) mass is 311 g/mol. The van der Waals surface area contributed by atoms with Gasteiger partial charge in [0.05, 0.1) is 11.6 Å². The largest absolute Gasteiger partial charge is 0.393 e. The van der Waals surface area contributed by atoms with E-state index in [1.807, 2.05) is 6.20 Å². The first-order valence-electron chi connectivity index (χ1n) is 8.90. The Kier molecular flexibility index (Phi) is 4.22. The van der Waals surface area contributed by atoms with Crippen molar-refractivity contribution >= 4 is 10.9 Å². The van der Waals surface area contributed by atoms with Gasteiger partial charge in [-0.25, -0.2) is 0 Å². The summed E-state index contributed by atoms with van der Waals surface area (Å²) in [6.45, 7) is 11.2. The summed E-state index contributed by atoms with van der Waals surface area (Å²) < 4.78 is 0. The van der Waals surface area contributed by atoms with Gasteiger partial charge in [-0.2, -0.15) is 0 Å². The van der Waals surface area contributed by atoms with Gasteiger partial charge >= 0.3 is 0 Å². The van der Waals surface area contributed by atoms with Crippen LogP contribution in [0.3, 0.4) is 0 Å². The number of aromatic nitrogens is 1. The van der Waals surface area contributed by atoms with E-state index >= 15 is 0 Å². The maximum Gasteiger partial charge on any atom is 0.0704 e. The average molecular weight is 311 g/mol. The molecular formula is C21H29NO. The molecule has 1 heterocycles. The molecule has 4 atom stereocenters. The van der Waals surface area contributed by atoms with Crippen LogP contribution in [0, 0.1) is 17.3 Å². The van der Waals surface area contributed by atoms with Gasteiger partial charge in [0.2, 0.25) is 0 Å². The van der Waals surface area contributed by atoms with Crippen molar-refractivity contribution in [2.24, 2.45) is 17.3 Å². The molecule has 0 spiro atoms. The van der Waals surface area contributed by atoms with E-state index in [1.54, 1.807) is 0 Å². The Hall–Kier alpha value is -1.41. The summed E-state index contributed by atoms with van der Waals surface area (Å²) >= 11 is 0. The Morgan fingerprint density at radius 1 is 1.26 bits per heavy atom. The van der Waals surface area contributed by atoms with Crippen LogP contribution in [-0.2, 0) is 6.42 Å². The number of nitrogens with zero attached hydrogens (tertiary/aromatic N) is 1. The molecule has 0 bridgehead atoms. The van der Waals surface area contributed by atoms with Crippen molar-refractivity contribution in [3.63, 3.8) is 0 Å². The lowest BCUT2D eigenvalue weighted by Gasteiger charge is -2.26. The molecule has 0 saturated heterocycles. The SMILES string of the molecule is CCC(C)c1ccc2nccc(CC(C)(C)C3[C@@H](C)[C@H]3O)c2c1. The van der Waals surface area contributed by atoms with Crippen molar-refractivity contribution in [1.82, 2.24) is 4.98 Å². The predicted molar refractivity (Wildman–Crippen MR) is 96.6 cm³/mol. The van der Waals surface area contributed by atoms with Gasteiger partial charge < -0.3 is 5.11 Å². The molecule has 0 amide bonds. The van der Waals surface area contributed by atoms with Crippen LogP contribution in [0.15, 0.2) is 30.5 Å². The van der Waals surface area contributed by atoms with Crippen LogP contribution in [-0.4, -0.2) is 16.2 Å². The van der Waals surface area contributed by atoms with Crippen molar-refractivity contribution in [2.75, 3.05) is 0 Å². The van der Waals surface area contributed by atoms with Crippen molar-refractivity contribution in [1.29, 1.82) is 0 Å². The number of rotatable bonds is 5. The zero-order valence-corrected chi connectivity index (χ0v) is 15.0. The average Bonchev–Trinajstić information content (AvgIpc) is 3.14. The molecule has 1 aromatic carbocycles. The zero-order chi connectivity index (χ0) is 16.8. The maximum atomic E-state index is 10.1. The van der Waals surface area contributed by atoms with Crippen molar-refractivity contribution in [2.45, 2.75) is 59.5 Å². The summed E-state index contributed by atoms with van der Waals surface area (Å²) in [5.41, 5.74) is 3.94. The lowest BCUT2D eigenvalue weighted by Crippen LogP contribution is -2.20. The van der Waals surface area contributed by atoms with Crippen LogP contribution in [0.1, 0.15) is 58.1 Å². The first kappa shape index (κ1) is 16.4. The second-order valence-corrected chi connectivity index (χ2v) is 8.10. The van der Waals surface area contributed by atoms with Crippen LogP contribution in [0.25, 0.3) is 10.9 Å². The minimum Gasteiger partial charge on any atom is -0.393 e. The minimum atomic E-state index is -0.131. The van der Waals surface area contributed by atoms with Gasteiger partial charge in [-0.15, -0.1) is 0 Å². The molecule has 2 heteroatoms. The van der Waals surface area contributed by atoms with Gasteiger partial charge in [0, 0.05) is 11.6 Å². The van der Waals surface area contributed by atoms with E-state index in [2.05, 4.69) is 63.9 Å². The summed E-state index contributed by atoms with van der Waals surface area (Å²) in [6.07, 6.45) is 3.93. The van der Waals surface area contributed by atoms with Gasteiger partial charge in [-0.05, 0) is 65.3 Å². The normalized spacial score (nSPS) is 25.6. The Morgan fingerprint density at radius 3 is 2.57 bits per heavy atom. The predicted octanol–water partition coefficient (Wildman–Crippen LogP) is 4.94. The molecule has 3 rings (SSSR count). The Labute approximate surface area is 140 Å². The lowest BCUT2D eigenvalue weighted by atomic mass is 9.79. The van der Waals surface area contributed by atoms with Gasteiger partial charge in [0.25, 0.3) is 0 Å². The summed E-state index contributed by atoms with van der Waals surface area (Å²) in [5.74, 6) is 1.41. The molecule has 23 heavy (non-hydrogen) atoms. The van der Waals surface area contributed by atoms with Gasteiger partial charge in [-0.1, -0.05) is 40.7 Å². The molecule has 2 unspecified atom stereocenters. The number of benzene rings is 1. The van der Waals surface area contributed by atoms with E-state index < -0.39 is 0 Å². The van der Waals surface area contributed by atoms with E-state index in [-0.39, 0.29) is 11.5 Å². The summed E-state index contributed by atoms with van der Waals surface area (Å²) in [7, 11) is 0. The Balaban J connectivity index is 1.97.